The van der Waals surface area contributed by atoms with Gasteiger partial charge in [0, 0.05) is 25.8 Å². The van der Waals surface area contributed by atoms with E-state index in [2.05, 4.69) is 4.98 Å². The number of rotatable bonds is 3. The Morgan fingerprint density at radius 2 is 1.86 bits per heavy atom. The van der Waals surface area contributed by atoms with E-state index in [1.54, 1.807) is 17.0 Å². The second-order valence-electron chi connectivity index (χ2n) is 7.45. The summed E-state index contributed by atoms with van der Waals surface area (Å²) in [5, 5.41) is 8.90. The molecule has 28 heavy (non-hydrogen) atoms. The fourth-order valence-electron chi connectivity index (χ4n) is 4.42. The van der Waals surface area contributed by atoms with E-state index >= 15 is 0 Å². The molecule has 6 nitrogen and oxygen atoms in total. The standard InChI is InChI=1S/C22H22N4O2/c23-14-19-9-8-18(15-24-19)20(27)26-13-5-11-22(26)10-4-12-25(21(22)28)16-17-6-2-1-3-7-17/h1-3,6-9,15H,4-5,10-13,16H2. The van der Waals surface area contributed by atoms with E-state index in [1.807, 2.05) is 41.3 Å². The van der Waals surface area contributed by atoms with Gasteiger partial charge in [0.25, 0.3) is 5.91 Å². The Morgan fingerprint density at radius 1 is 1.11 bits per heavy atom. The number of benzene rings is 1. The van der Waals surface area contributed by atoms with Crippen LogP contribution in [0.5, 0.6) is 0 Å². The molecule has 2 amide bonds. The van der Waals surface area contributed by atoms with Crippen LogP contribution in [0, 0.1) is 11.3 Å². The van der Waals surface area contributed by atoms with Gasteiger partial charge in [0.1, 0.15) is 17.3 Å². The number of carbonyl (C=O) groups excluding carboxylic acids is 2. The van der Waals surface area contributed by atoms with Crippen LogP contribution in [0.4, 0.5) is 0 Å². The first kappa shape index (κ1) is 18.2. The maximum atomic E-state index is 13.5. The highest BCUT2D eigenvalue weighted by molar-refractivity contribution is 5.99. The maximum absolute atomic E-state index is 13.5. The molecule has 142 valence electrons. The van der Waals surface area contributed by atoms with Crippen molar-refractivity contribution < 1.29 is 9.59 Å². The third-order valence-corrected chi connectivity index (χ3v) is 5.78. The highest BCUT2D eigenvalue weighted by atomic mass is 16.2. The van der Waals surface area contributed by atoms with Gasteiger partial charge in [0.15, 0.2) is 0 Å². The van der Waals surface area contributed by atoms with E-state index in [-0.39, 0.29) is 17.5 Å². The molecule has 1 aromatic heterocycles. The first-order chi connectivity index (χ1) is 13.6. The minimum Gasteiger partial charge on any atom is -0.336 e. The van der Waals surface area contributed by atoms with Gasteiger partial charge in [-0.2, -0.15) is 5.26 Å². The second-order valence-corrected chi connectivity index (χ2v) is 7.45. The largest absolute Gasteiger partial charge is 0.336 e. The molecule has 0 N–H and O–H groups in total. The van der Waals surface area contributed by atoms with Gasteiger partial charge in [-0.25, -0.2) is 4.98 Å². The Hall–Kier alpha value is -3.20. The lowest BCUT2D eigenvalue weighted by Gasteiger charge is -2.44. The van der Waals surface area contributed by atoms with Crippen LogP contribution in [-0.2, 0) is 11.3 Å². The molecule has 3 heterocycles. The number of amides is 2. The van der Waals surface area contributed by atoms with Crippen molar-refractivity contribution in [3.05, 3.63) is 65.5 Å². The number of pyridine rings is 1. The molecule has 1 atom stereocenters. The van der Waals surface area contributed by atoms with Crippen molar-refractivity contribution in [2.45, 2.75) is 37.8 Å². The van der Waals surface area contributed by atoms with E-state index in [4.69, 9.17) is 5.26 Å². The average Bonchev–Trinajstić information content (AvgIpc) is 3.16. The van der Waals surface area contributed by atoms with Crippen LogP contribution in [0.3, 0.4) is 0 Å². The Labute approximate surface area is 164 Å². The van der Waals surface area contributed by atoms with Gasteiger partial charge in [0.2, 0.25) is 5.91 Å². The SMILES string of the molecule is N#Cc1ccc(C(=O)N2CCCC23CCCN(Cc2ccccc2)C3=O)cn1. The molecule has 0 aliphatic carbocycles. The third-order valence-electron chi connectivity index (χ3n) is 5.78. The van der Waals surface area contributed by atoms with E-state index in [0.717, 1.165) is 24.9 Å². The van der Waals surface area contributed by atoms with Crippen molar-refractivity contribution in [2.75, 3.05) is 13.1 Å². The van der Waals surface area contributed by atoms with Crippen LogP contribution in [-0.4, -0.2) is 45.2 Å². The zero-order valence-corrected chi connectivity index (χ0v) is 15.7. The van der Waals surface area contributed by atoms with Crippen LogP contribution >= 0.6 is 0 Å². The first-order valence-electron chi connectivity index (χ1n) is 9.65. The van der Waals surface area contributed by atoms with Crippen molar-refractivity contribution >= 4 is 11.8 Å². The predicted octanol–water partition coefficient (Wildman–Crippen LogP) is 2.75. The van der Waals surface area contributed by atoms with Crippen LogP contribution in [0.15, 0.2) is 48.7 Å². The van der Waals surface area contributed by atoms with Crippen LogP contribution in [0.25, 0.3) is 0 Å². The molecule has 2 aliphatic rings. The summed E-state index contributed by atoms with van der Waals surface area (Å²) in [6.07, 6.45) is 4.54. The molecule has 0 radical (unpaired) electrons. The number of aromatic nitrogens is 1. The van der Waals surface area contributed by atoms with Crippen molar-refractivity contribution in [2.24, 2.45) is 0 Å². The minimum absolute atomic E-state index is 0.0510. The summed E-state index contributed by atoms with van der Waals surface area (Å²) in [6.45, 7) is 1.86. The first-order valence-corrected chi connectivity index (χ1v) is 9.65. The summed E-state index contributed by atoms with van der Waals surface area (Å²) in [5.41, 5.74) is 1.04. The number of hydrogen-bond donors (Lipinski definition) is 0. The maximum Gasteiger partial charge on any atom is 0.256 e. The molecule has 2 aromatic rings. The van der Waals surface area contributed by atoms with Gasteiger partial charge in [-0.05, 0) is 43.4 Å². The average molecular weight is 374 g/mol. The van der Waals surface area contributed by atoms with Crippen LogP contribution < -0.4 is 0 Å². The molecular formula is C22H22N4O2. The monoisotopic (exact) mass is 374 g/mol. The predicted molar refractivity (Wildman–Crippen MR) is 103 cm³/mol. The fraction of sp³-hybridized carbons (Fsp3) is 0.364. The molecule has 1 unspecified atom stereocenters. The summed E-state index contributed by atoms with van der Waals surface area (Å²) in [7, 11) is 0. The quantitative estimate of drug-likeness (QED) is 0.828. The van der Waals surface area contributed by atoms with Crippen molar-refractivity contribution in [1.82, 2.24) is 14.8 Å². The minimum atomic E-state index is -0.752. The lowest BCUT2D eigenvalue weighted by Crippen LogP contribution is -2.61. The van der Waals surface area contributed by atoms with E-state index in [1.165, 1.54) is 6.20 Å². The Kier molecular flexibility index (Phi) is 4.82. The summed E-state index contributed by atoms with van der Waals surface area (Å²) in [6, 6.07) is 15.1. The molecule has 1 spiro atoms. The fourth-order valence-corrected chi connectivity index (χ4v) is 4.42. The number of piperidine rings is 1. The molecule has 0 saturated carbocycles. The van der Waals surface area contributed by atoms with E-state index < -0.39 is 5.54 Å². The molecule has 2 fully saturated rings. The number of carbonyl (C=O) groups is 2. The molecule has 2 saturated heterocycles. The zero-order valence-electron chi connectivity index (χ0n) is 15.7. The highest BCUT2D eigenvalue weighted by Gasteiger charge is 2.52. The molecule has 1 aromatic carbocycles. The van der Waals surface area contributed by atoms with Crippen molar-refractivity contribution in [3.8, 4) is 6.07 Å². The molecular weight excluding hydrogens is 352 g/mol. The Balaban J connectivity index is 1.58. The number of nitrogens with zero attached hydrogens (tertiary/aromatic N) is 4. The molecule has 2 aliphatic heterocycles. The lowest BCUT2D eigenvalue weighted by atomic mass is 9.84. The third kappa shape index (κ3) is 3.13. The topological polar surface area (TPSA) is 77.3 Å². The Morgan fingerprint density at radius 3 is 2.54 bits per heavy atom. The van der Waals surface area contributed by atoms with Gasteiger partial charge in [-0.1, -0.05) is 30.3 Å². The summed E-state index contributed by atoms with van der Waals surface area (Å²) in [4.78, 5) is 34.3. The summed E-state index contributed by atoms with van der Waals surface area (Å²) >= 11 is 0. The van der Waals surface area contributed by atoms with Gasteiger partial charge < -0.3 is 9.80 Å². The van der Waals surface area contributed by atoms with Crippen molar-refractivity contribution in [1.29, 1.82) is 5.26 Å². The van der Waals surface area contributed by atoms with Crippen LogP contribution in [0.2, 0.25) is 0 Å². The number of likely N-dealkylation sites (tertiary alicyclic amines) is 2. The lowest BCUT2D eigenvalue weighted by molar-refractivity contribution is -0.146. The van der Waals surface area contributed by atoms with Gasteiger partial charge >= 0.3 is 0 Å². The number of nitriles is 1. The number of hydrogen-bond acceptors (Lipinski definition) is 4. The van der Waals surface area contributed by atoms with Gasteiger partial charge in [0.05, 0.1) is 5.56 Å². The van der Waals surface area contributed by atoms with E-state index in [9.17, 15) is 9.59 Å². The zero-order chi connectivity index (χ0) is 19.6. The highest BCUT2D eigenvalue weighted by Crippen LogP contribution is 2.39. The van der Waals surface area contributed by atoms with E-state index in [0.29, 0.717) is 31.5 Å². The van der Waals surface area contributed by atoms with Gasteiger partial charge in [-0.15, -0.1) is 0 Å². The summed E-state index contributed by atoms with van der Waals surface area (Å²) < 4.78 is 0. The molecule has 6 heteroatoms. The second kappa shape index (κ2) is 7.43. The smallest absolute Gasteiger partial charge is 0.256 e. The van der Waals surface area contributed by atoms with Crippen molar-refractivity contribution in [3.63, 3.8) is 0 Å². The van der Waals surface area contributed by atoms with Crippen LogP contribution in [0.1, 0.15) is 47.3 Å². The Bertz CT molecular complexity index is 920. The normalized spacial score (nSPS) is 21.8. The molecule has 0 bridgehead atoms. The van der Waals surface area contributed by atoms with Gasteiger partial charge in [-0.3, -0.25) is 9.59 Å². The summed E-state index contributed by atoms with van der Waals surface area (Å²) in [5.74, 6) is -0.126. The molecule has 4 rings (SSSR count).